The number of carbonyl (C=O) groups excluding carboxylic acids is 2. The maximum absolute atomic E-state index is 12.6. The van der Waals surface area contributed by atoms with Crippen molar-refractivity contribution in [1.29, 1.82) is 0 Å². The maximum atomic E-state index is 12.6. The Balaban J connectivity index is 1.84. The Morgan fingerprint density at radius 1 is 0.957 bits per heavy atom. The van der Waals surface area contributed by atoms with Crippen molar-refractivity contribution in [3.63, 3.8) is 0 Å². The third kappa shape index (κ3) is 4.91. The van der Waals surface area contributed by atoms with Gasteiger partial charge in [0.2, 0.25) is 11.8 Å². The summed E-state index contributed by atoms with van der Waals surface area (Å²) >= 11 is 0. The third-order valence-electron chi connectivity index (χ3n) is 4.95. The van der Waals surface area contributed by atoms with E-state index in [1.165, 1.54) is 0 Å². The summed E-state index contributed by atoms with van der Waals surface area (Å²) in [6, 6.07) is 0. The fourth-order valence-electron chi connectivity index (χ4n) is 3.58. The molecule has 2 aliphatic heterocycles. The molecule has 2 aliphatic rings. The Hall–Kier alpha value is -1.14. The largest absolute Gasteiger partial charge is 0.342 e. The van der Waals surface area contributed by atoms with Crippen molar-refractivity contribution in [1.82, 2.24) is 14.7 Å². The number of likely N-dealkylation sites (tertiary alicyclic amines) is 1. The lowest BCUT2D eigenvalue weighted by atomic mass is 9.95. The van der Waals surface area contributed by atoms with Crippen LogP contribution in [0.3, 0.4) is 0 Å². The summed E-state index contributed by atoms with van der Waals surface area (Å²) in [5, 5.41) is 0. The van der Waals surface area contributed by atoms with Crippen LogP contribution in [0.15, 0.2) is 0 Å². The van der Waals surface area contributed by atoms with Crippen molar-refractivity contribution < 1.29 is 9.59 Å². The first kappa shape index (κ1) is 18.2. The van der Waals surface area contributed by atoms with Crippen molar-refractivity contribution in [2.24, 2.45) is 5.73 Å². The van der Waals surface area contributed by atoms with Gasteiger partial charge in [-0.05, 0) is 32.6 Å². The second kappa shape index (κ2) is 8.11. The Morgan fingerprint density at radius 2 is 1.61 bits per heavy atom. The number of nitrogens with zero attached hydrogens (tertiary/aromatic N) is 3. The first-order chi connectivity index (χ1) is 10.9. The number of carbonyl (C=O) groups is 2. The Morgan fingerprint density at radius 3 is 2.26 bits per heavy atom. The number of hydrogen-bond donors (Lipinski definition) is 1. The van der Waals surface area contributed by atoms with Gasteiger partial charge in [0.05, 0.1) is 12.1 Å². The molecule has 6 heteroatoms. The van der Waals surface area contributed by atoms with E-state index in [1.807, 2.05) is 23.6 Å². The van der Waals surface area contributed by atoms with Gasteiger partial charge in [-0.15, -0.1) is 0 Å². The van der Waals surface area contributed by atoms with E-state index in [1.54, 1.807) is 0 Å². The zero-order valence-corrected chi connectivity index (χ0v) is 14.7. The minimum absolute atomic E-state index is 0.0482. The Labute approximate surface area is 140 Å². The Kier molecular flexibility index (Phi) is 6.41. The van der Waals surface area contributed by atoms with Crippen LogP contribution in [0.4, 0.5) is 0 Å². The van der Waals surface area contributed by atoms with Crippen molar-refractivity contribution in [3.05, 3.63) is 0 Å². The molecule has 2 amide bonds. The summed E-state index contributed by atoms with van der Waals surface area (Å²) < 4.78 is 0. The highest BCUT2D eigenvalue weighted by Gasteiger charge is 2.33. The molecule has 0 aromatic rings. The molecule has 1 atom stereocenters. The topological polar surface area (TPSA) is 69.9 Å². The van der Waals surface area contributed by atoms with Gasteiger partial charge >= 0.3 is 0 Å². The molecule has 0 radical (unpaired) electrons. The van der Waals surface area contributed by atoms with Crippen molar-refractivity contribution in [2.75, 3.05) is 45.8 Å². The Bertz CT molecular complexity index is 419. The lowest BCUT2D eigenvalue weighted by Gasteiger charge is -2.31. The molecular weight excluding hydrogens is 292 g/mol. The van der Waals surface area contributed by atoms with Crippen LogP contribution in [0.25, 0.3) is 0 Å². The molecule has 132 valence electrons. The van der Waals surface area contributed by atoms with Gasteiger partial charge in [0.15, 0.2) is 0 Å². The average Bonchev–Trinajstić information content (AvgIpc) is 2.94. The maximum Gasteiger partial charge on any atom is 0.242 e. The van der Waals surface area contributed by atoms with E-state index in [0.29, 0.717) is 19.5 Å². The van der Waals surface area contributed by atoms with E-state index in [4.69, 9.17) is 5.73 Å². The highest BCUT2D eigenvalue weighted by atomic mass is 16.2. The second-order valence-electron chi connectivity index (χ2n) is 7.18. The van der Waals surface area contributed by atoms with Crippen molar-refractivity contribution in [2.45, 2.75) is 51.5 Å². The van der Waals surface area contributed by atoms with Crippen molar-refractivity contribution in [3.8, 4) is 0 Å². The van der Waals surface area contributed by atoms with Gasteiger partial charge in [-0.1, -0.05) is 13.3 Å². The molecule has 1 unspecified atom stereocenters. The fourth-order valence-corrected chi connectivity index (χ4v) is 3.58. The van der Waals surface area contributed by atoms with Gasteiger partial charge in [-0.2, -0.15) is 0 Å². The predicted molar refractivity (Wildman–Crippen MR) is 91.0 cm³/mol. The first-order valence-electron chi connectivity index (χ1n) is 9.02. The van der Waals surface area contributed by atoms with Gasteiger partial charge < -0.3 is 15.5 Å². The van der Waals surface area contributed by atoms with Crippen LogP contribution < -0.4 is 5.73 Å². The molecule has 0 aromatic heterocycles. The molecule has 2 heterocycles. The number of rotatable bonds is 5. The predicted octanol–water partition coefficient (Wildman–Crippen LogP) is 0.661. The molecule has 2 rings (SSSR count). The van der Waals surface area contributed by atoms with Gasteiger partial charge in [0, 0.05) is 39.3 Å². The molecule has 0 aliphatic carbocycles. The second-order valence-corrected chi connectivity index (χ2v) is 7.18. The zero-order valence-electron chi connectivity index (χ0n) is 14.7. The molecule has 6 nitrogen and oxygen atoms in total. The van der Waals surface area contributed by atoms with E-state index in [0.717, 1.165) is 58.4 Å². The van der Waals surface area contributed by atoms with Gasteiger partial charge in [0.25, 0.3) is 0 Å². The van der Waals surface area contributed by atoms with Crippen LogP contribution in [-0.4, -0.2) is 77.9 Å². The lowest BCUT2D eigenvalue weighted by molar-refractivity contribution is -0.136. The summed E-state index contributed by atoms with van der Waals surface area (Å²) in [6.45, 7) is 9.21. The molecule has 2 saturated heterocycles. The monoisotopic (exact) mass is 324 g/mol. The summed E-state index contributed by atoms with van der Waals surface area (Å²) in [6.07, 6.45) is 4.77. The molecule has 0 saturated carbocycles. The van der Waals surface area contributed by atoms with Gasteiger partial charge in [-0.25, -0.2) is 0 Å². The molecule has 0 spiro atoms. The van der Waals surface area contributed by atoms with E-state index in [2.05, 4.69) is 4.90 Å². The molecule has 2 N–H and O–H groups in total. The minimum Gasteiger partial charge on any atom is -0.342 e. The molecule has 0 bridgehead atoms. The SMILES string of the molecule is CCCC(C)(N)C(=O)N1CCCN(CC(=O)N2CCCC2)CC1. The van der Waals surface area contributed by atoms with Crippen LogP contribution in [0.2, 0.25) is 0 Å². The number of amides is 2. The minimum atomic E-state index is -0.769. The van der Waals surface area contributed by atoms with E-state index >= 15 is 0 Å². The van der Waals surface area contributed by atoms with E-state index in [9.17, 15) is 9.59 Å². The normalized spacial score (nSPS) is 22.7. The first-order valence-corrected chi connectivity index (χ1v) is 9.02. The average molecular weight is 324 g/mol. The van der Waals surface area contributed by atoms with Crippen LogP contribution in [0.5, 0.6) is 0 Å². The van der Waals surface area contributed by atoms with Crippen LogP contribution in [0.1, 0.15) is 46.0 Å². The highest BCUT2D eigenvalue weighted by molar-refractivity contribution is 5.85. The zero-order chi connectivity index (χ0) is 16.9. The fraction of sp³-hybridized carbons (Fsp3) is 0.882. The highest BCUT2D eigenvalue weighted by Crippen LogP contribution is 2.15. The molecule has 23 heavy (non-hydrogen) atoms. The quantitative estimate of drug-likeness (QED) is 0.806. The number of hydrogen-bond acceptors (Lipinski definition) is 4. The molecule has 0 aromatic carbocycles. The molecule has 2 fully saturated rings. The summed E-state index contributed by atoms with van der Waals surface area (Å²) in [4.78, 5) is 30.9. The summed E-state index contributed by atoms with van der Waals surface area (Å²) in [5.41, 5.74) is 5.42. The lowest BCUT2D eigenvalue weighted by Crippen LogP contribution is -2.54. The van der Waals surface area contributed by atoms with Crippen LogP contribution in [0, 0.1) is 0 Å². The third-order valence-corrected chi connectivity index (χ3v) is 4.95. The summed E-state index contributed by atoms with van der Waals surface area (Å²) in [5.74, 6) is 0.281. The summed E-state index contributed by atoms with van der Waals surface area (Å²) in [7, 11) is 0. The number of nitrogens with two attached hydrogens (primary N) is 1. The van der Waals surface area contributed by atoms with E-state index in [-0.39, 0.29) is 11.8 Å². The standard InChI is InChI=1S/C17H32N4O2/c1-3-7-17(2,18)16(23)21-11-6-8-19(12-13-21)14-15(22)20-9-4-5-10-20/h3-14,18H2,1-2H3. The van der Waals surface area contributed by atoms with Crippen LogP contribution >= 0.6 is 0 Å². The molecular formula is C17H32N4O2. The van der Waals surface area contributed by atoms with Crippen molar-refractivity contribution >= 4 is 11.8 Å². The smallest absolute Gasteiger partial charge is 0.242 e. The van der Waals surface area contributed by atoms with Crippen LogP contribution in [-0.2, 0) is 9.59 Å². The van der Waals surface area contributed by atoms with Gasteiger partial charge in [0.1, 0.15) is 0 Å². The van der Waals surface area contributed by atoms with E-state index < -0.39 is 5.54 Å². The van der Waals surface area contributed by atoms with Gasteiger partial charge in [-0.3, -0.25) is 14.5 Å².